The molecule has 0 aliphatic carbocycles. The number of rotatable bonds is 6. The van der Waals surface area contributed by atoms with Gasteiger partial charge < -0.3 is 10.5 Å². The molecule has 1 atom stereocenters. The first kappa shape index (κ1) is 15.8. The van der Waals surface area contributed by atoms with Crippen molar-refractivity contribution in [2.45, 2.75) is 44.8 Å². The normalized spacial score (nSPS) is 23.2. The maximum Gasteiger partial charge on any atom is 0.279 e. The van der Waals surface area contributed by atoms with E-state index in [1.807, 2.05) is 13.8 Å². The number of nitrogens with one attached hydrogen (secondary N) is 1. The summed E-state index contributed by atoms with van der Waals surface area (Å²) in [6.07, 6.45) is 2.77. The number of methoxy groups -OCH3 is 1. The van der Waals surface area contributed by atoms with Gasteiger partial charge in [0.05, 0.1) is 5.60 Å². The standard InChI is InChI=1S/C11H25N3O3S/c1-11(2,17-3)9-13-18(15,16)14-7-5-4-6-10(14)8-12/h10,13H,4-9,12H2,1-3H3. The fraction of sp³-hybridized carbons (Fsp3) is 1.00. The Morgan fingerprint density at radius 3 is 2.67 bits per heavy atom. The third-order valence-corrected chi connectivity index (χ3v) is 4.99. The van der Waals surface area contributed by atoms with Crippen molar-refractivity contribution in [3.05, 3.63) is 0 Å². The molecule has 1 heterocycles. The molecular weight excluding hydrogens is 254 g/mol. The van der Waals surface area contributed by atoms with Gasteiger partial charge in [0, 0.05) is 32.8 Å². The van der Waals surface area contributed by atoms with Crippen LogP contribution in [0.3, 0.4) is 0 Å². The Bertz CT molecular complexity index is 357. The Hall–Kier alpha value is -0.210. The molecule has 0 amide bonds. The first-order valence-corrected chi connectivity index (χ1v) is 7.78. The van der Waals surface area contributed by atoms with E-state index in [2.05, 4.69) is 4.72 Å². The van der Waals surface area contributed by atoms with Crippen LogP contribution in [0.5, 0.6) is 0 Å². The van der Waals surface area contributed by atoms with Gasteiger partial charge in [-0.2, -0.15) is 17.4 Å². The number of nitrogens with two attached hydrogens (primary N) is 1. The Morgan fingerprint density at radius 1 is 1.44 bits per heavy atom. The molecule has 1 rings (SSSR count). The van der Waals surface area contributed by atoms with E-state index in [0.717, 1.165) is 19.3 Å². The number of nitrogens with zero attached hydrogens (tertiary/aromatic N) is 1. The van der Waals surface area contributed by atoms with E-state index in [1.165, 1.54) is 4.31 Å². The number of hydrogen-bond donors (Lipinski definition) is 2. The van der Waals surface area contributed by atoms with Crippen molar-refractivity contribution in [2.75, 3.05) is 26.7 Å². The molecule has 0 aromatic rings. The number of hydrogen-bond acceptors (Lipinski definition) is 4. The van der Waals surface area contributed by atoms with Gasteiger partial charge in [-0.1, -0.05) is 6.42 Å². The van der Waals surface area contributed by atoms with E-state index in [1.54, 1.807) is 7.11 Å². The summed E-state index contributed by atoms with van der Waals surface area (Å²) in [7, 11) is -1.90. The molecule has 0 radical (unpaired) electrons. The second-order valence-electron chi connectivity index (χ2n) is 5.29. The minimum Gasteiger partial charge on any atom is -0.377 e. The highest BCUT2D eigenvalue weighted by atomic mass is 32.2. The zero-order valence-electron chi connectivity index (χ0n) is 11.5. The van der Waals surface area contributed by atoms with Gasteiger partial charge in [0.25, 0.3) is 10.2 Å². The zero-order valence-corrected chi connectivity index (χ0v) is 12.3. The van der Waals surface area contributed by atoms with Crippen LogP contribution in [0.4, 0.5) is 0 Å². The third kappa shape index (κ3) is 4.17. The smallest absolute Gasteiger partial charge is 0.279 e. The van der Waals surface area contributed by atoms with Crippen LogP contribution in [0.1, 0.15) is 33.1 Å². The summed E-state index contributed by atoms with van der Waals surface area (Å²) in [6.45, 7) is 4.84. The van der Waals surface area contributed by atoms with Gasteiger partial charge in [-0.15, -0.1) is 0 Å². The average Bonchev–Trinajstić information content (AvgIpc) is 2.37. The lowest BCUT2D eigenvalue weighted by Gasteiger charge is -2.34. The topological polar surface area (TPSA) is 84.7 Å². The molecule has 1 aliphatic rings. The predicted octanol–water partition coefficient (Wildman–Crippen LogP) is 0.0590. The van der Waals surface area contributed by atoms with Crippen molar-refractivity contribution in [2.24, 2.45) is 5.73 Å². The Labute approximate surface area is 110 Å². The van der Waals surface area contributed by atoms with E-state index in [9.17, 15) is 8.42 Å². The summed E-state index contributed by atoms with van der Waals surface area (Å²) in [5, 5.41) is 0. The minimum atomic E-state index is -3.46. The van der Waals surface area contributed by atoms with Gasteiger partial charge in [-0.25, -0.2) is 0 Å². The fourth-order valence-corrected chi connectivity index (χ4v) is 3.60. The Balaban J connectivity index is 2.67. The van der Waals surface area contributed by atoms with E-state index < -0.39 is 15.8 Å². The van der Waals surface area contributed by atoms with E-state index in [-0.39, 0.29) is 12.6 Å². The first-order valence-electron chi connectivity index (χ1n) is 6.34. The summed E-state index contributed by atoms with van der Waals surface area (Å²) in [6, 6.07) is -0.0816. The maximum atomic E-state index is 12.2. The highest BCUT2D eigenvalue weighted by molar-refractivity contribution is 7.87. The Kier molecular flexibility index (Phi) is 5.54. The summed E-state index contributed by atoms with van der Waals surface area (Å²) in [4.78, 5) is 0. The highest BCUT2D eigenvalue weighted by Crippen LogP contribution is 2.19. The summed E-state index contributed by atoms with van der Waals surface area (Å²) < 4.78 is 33.7. The molecule has 1 unspecified atom stereocenters. The second-order valence-corrected chi connectivity index (χ2v) is 6.99. The zero-order chi connectivity index (χ0) is 13.8. The molecule has 0 spiro atoms. The summed E-state index contributed by atoms with van der Waals surface area (Å²) in [5.74, 6) is 0. The summed E-state index contributed by atoms with van der Waals surface area (Å²) in [5.41, 5.74) is 5.13. The minimum absolute atomic E-state index is 0.0816. The van der Waals surface area contributed by atoms with Crippen molar-refractivity contribution in [3.8, 4) is 0 Å². The molecule has 0 aromatic heterocycles. The highest BCUT2D eigenvalue weighted by Gasteiger charge is 2.32. The van der Waals surface area contributed by atoms with Gasteiger partial charge in [0.2, 0.25) is 0 Å². The van der Waals surface area contributed by atoms with Gasteiger partial charge in [0.1, 0.15) is 0 Å². The quantitative estimate of drug-likeness (QED) is 0.720. The van der Waals surface area contributed by atoms with E-state index >= 15 is 0 Å². The molecule has 6 nitrogen and oxygen atoms in total. The number of ether oxygens (including phenoxy) is 1. The molecule has 3 N–H and O–H groups in total. The average molecular weight is 279 g/mol. The molecule has 1 saturated heterocycles. The van der Waals surface area contributed by atoms with Crippen molar-refractivity contribution < 1.29 is 13.2 Å². The molecule has 1 aliphatic heterocycles. The van der Waals surface area contributed by atoms with Crippen molar-refractivity contribution in [1.82, 2.24) is 9.03 Å². The van der Waals surface area contributed by atoms with Crippen LogP contribution in [0.25, 0.3) is 0 Å². The van der Waals surface area contributed by atoms with Crippen LogP contribution in [-0.2, 0) is 14.9 Å². The molecule has 7 heteroatoms. The second kappa shape index (κ2) is 6.29. The SMILES string of the molecule is COC(C)(C)CNS(=O)(=O)N1CCCCC1CN. The van der Waals surface area contributed by atoms with Crippen LogP contribution in [0.2, 0.25) is 0 Å². The Morgan fingerprint density at radius 2 is 2.11 bits per heavy atom. The van der Waals surface area contributed by atoms with Gasteiger partial charge in [-0.05, 0) is 26.7 Å². The molecule has 108 valence electrons. The van der Waals surface area contributed by atoms with Crippen molar-refractivity contribution >= 4 is 10.2 Å². The number of piperidine rings is 1. The monoisotopic (exact) mass is 279 g/mol. The predicted molar refractivity (Wildman–Crippen MR) is 71.4 cm³/mol. The van der Waals surface area contributed by atoms with Crippen LogP contribution < -0.4 is 10.5 Å². The van der Waals surface area contributed by atoms with Crippen LogP contribution in [0, 0.1) is 0 Å². The molecule has 18 heavy (non-hydrogen) atoms. The van der Waals surface area contributed by atoms with Crippen molar-refractivity contribution in [1.29, 1.82) is 0 Å². The van der Waals surface area contributed by atoms with Crippen LogP contribution in [-0.4, -0.2) is 51.1 Å². The molecule has 0 aromatic carbocycles. The largest absolute Gasteiger partial charge is 0.377 e. The van der Waals surface area contributed by atoms with Gasteiger partial charge in [-0.3, -0.25) is 0 Å². The lowest BCUT2D eigenvalue weighted by molar-refractivity contribution is 0.0271. The van der Waals surface area contributed by atoms with E-state index in [4.69, 9.17) is 10.5 Å². The molecule has 0 saturated carbocycles. The lowest BCUT2D eigenvalue weighted by atomic mass is 10.1. The lowest BCUT2D eigenvalue weighted by Crippen LogP contribution is -2.53. The van der Waals surface area contributed by atoms with Crippen LogP contribution >= 0.6 is 0 Å². The summed E-state index contributed by atoms with van der Waals surface area (Å²) >= 11 is 0. The maximum absolute atomic E-state index is 12.2. The molecule has 1 fully saturated rings. The van der Waals surface area contributed by atoms with E-state index in [0.29, 0.717) is 13.1 Å². The third-order valence-electron chi connectivity index (χ3n) is 3.39. The van der Waals surface area contributed by atoms with Gasteiger partial charge >= 0.3 is 0 Å². The van der Waals surface area contributed by atoms with Crippen LogP contribution in [0.15, 0.2) is 0 Å². The van der Waals surface area contributed by atoms with Crippen molar-refractivity contribution in [3.63, 3.8) is 0 Å². The molecular formula is C11H25N3O3S. The fourth-order valence-electron chi connectivity index (χ4n) is 1.95. The van der Waals surface area contributed by atoms with Gasteiger partial charge in [0.15, 0.2) is 0 Å². The first-order chi connectivity index (χ1) is 8.32. The molecule has 0 bridgehead atoms.